The average molecular weight is 243 g/mol. The lowest BCUT2D eigenvalue weighted by molar-refractivity contribution is -0.278. The summed E-state index contributed by atoms with van der Waals surface area (Å²) >= 11 is 0. The van der Waals surface area contributed by atoms with Crippen LogP contribution in [0.3, 0.4) is 0 Å². The Hall–Kier alpha value is -1.06. The fourth-order valence-electron chi connectivity index (χ4n) is 2.21. The van der Waals surface area contributed by atoms with E-state index < -0.39 is 30.6 Å². The SMILES string of the molecule is OC[C@H]1OC2[C@H](OCc3cnnn32)[C@@H](O)[C@@H]1O. The molecular weight excluding hydrogens is 230 g/mol. The predicted octanol–water partition coefficient (Wildman–Crippen LogP) is -2.21. The quantitative estimate of drug-likeness (QED) is 0.513. The van der Waals surface area contributed by atoms with Crippen molar-refractivity contribution in [1.82, 2.24) is 15.0 Å². The number of aromatic nitrogens is 3. The maximum atomic E-state index is 9.91. The van der Waals surface area contributed by atoms with Crippen LogP contribution in [-0.2, 0) is 16.1 Å². The molecule has 0 saturated carbocycles. The number of ether oxygens (including phenoxy) is 2. The molecule has 1 aromatic heterocycles. The molecule has 1 unspecified atom stereocenters. The van der Waals surface area contributed by atoms with E-state index in [1.165, 1.54) is 4.68 Å². The Morgan fingerprint density at radius 2 is 2.24 bits per heavy atom. The highest BCUT2D eigenvalue weighted by molar-refractivity contribution is 5.01. The summed E-state index contributed by atoms with van der Waals surface area (Å²) in [5.74, 6) is 0. The van der Waals surface area contributed by atoms with Gasteiger partial charge in [0.25, 0.3) is 0 Å². The molecule has 1 saturated heterocycles. The number of fused-ring (bicyclic) bond motifs is 3. The summed E-state index contributed by atoms with van der Waals surface area (Å²) in [5, 5.41) is 36.3. The topological polar surface area (TPSA) is 110 Å². The molecule has 0 radical (unpaired) electrons. The number of aliphatic hydroxyl groups is 3. The van der Waals surface area contributed by atoms with E-state index in [4.69, 9.17) is 14.6 Å². The number of rotatable bonds is 1. The molecule has 0 bridgehead atoms. The van der Waals surface area contributed by atoms with Crippen molar-refractivity contribution in [3.05, 3.63) is 11.9 Å². The van der Waals surface area contributed by atoms with Crippen LogP contribution < -0.4 is 0 Å². The Kier molecular flexibility index (Phi) is 2.60. The minimum atomic E-state index is -1.17. The highest BCUT2D eigenvalue weighted by Crippen LogP contribution is 2.34. The standard InChI is InChI=1S/C9H13N3O5/c13-2-5-6(14)7(15)8-9(17-5)12-4(3-16-8)1-10-11-12/h1,5-9,13-15H,2-3H2/t5-,6-,7+,8-,9?/m1/s1. The minimum Gasteiger partial charge on any atom is -0.394 e. The van der Waals surface area contributed by atoms with Gasteiger partial charge < -0.3 is 24.8 Å². The van der Waals surface area contributed by atoms with Crippen LogP contribution in [0.15, 0.2) is 6.20 Å². The van der Waals surface area contributed by atoms with E-state index in [0.29, 0.717) is 0 Å². The summed E-state index contributed by atoms with van der Waals surface area (Å²) in [6, 6.07) is 0. The zero-order valence-electron chi connectivity index (χ0n) is 8.88. The Morgan fingerprint density at radius 3 is 3.00 bits per heavy atom. The van der Waals surface area contributed by atoms with Gasteiger partial charge in [-0.05, 0) is 0 Å². The molecule has 17 heavy (non-hydrogen) atoms. The second-order valence-corrected chi connectivity index (χ2v) is 4.17. The van der Waals surface area contributed by atoms with Crippen LogP contribution in [0.25, 0.3) is 0 Å². The van der Waals surface area contributed by atoms with Crippen molar-refractivity contribution >= 4 is 0 Å². The molecule has 1 fully saturated rings. The third kappa shape index (κ3) is 1.57. The summed E-state index contributed by atoms with van der Waals surface area (Å²) < 4.78 is 12.4. The first kappa shape index (κ1) is 11.1. The molecule has 0 aliphatic carbocycles. The number of hydrogen-bond acceptors (Lipinski definition) is 7. The summed E-state index contributed by atoms with van der Waals surface area (Å²) in [7, 11) is 0. The smallest absolute Gasteiger partial charge is 0.181 e. The average Bonchev–Trinajstić information content (AvgIpc) is 2.81. The lowest BCUT2D eigenvalue weighted by Gasteiger charge is -2.44. The van der Waals surface area contributed by atoms with Gasteiger partial charge in [-0.3, -0.25) is 0 Å². The molecule has 3 N–H and O–H groups in total. The van der Waals surface area contributed by atoms with Crippen molar-refractivity contribution in [2.45, 2.75) is 37.3 Å². The summed E-state index contributed by atoms with van der Waals surface area (Å²) in [6.07, 6.45) is -2.98. The van der Waals surface area contributed by atoms with Gasteiger partial charge in [0.2, 0.25) is 0 Å². The molecule has 1 aromatic rings. The first-order valence-corrected chi connectivity index (χ1v) is 5.35. The van der Waals surface area contributed by atoms with Gasteiger partial charge in [-0.15, -0.1) is 5.10 Å². The lowest BCUT2D eigenvalue weighted by atomic mass is 9.97. The molecule has 0 spiro atoms. The second kappa shape index (κ2) is 4.00. The molecule has 3 heterocycles. The summed E-state index contributed by atoms with van der Waals surface area (Å²) in [6.45, 7) is -0.128. The van der Waals surface area contributed by atoms with E-state index in [1.54, 1.807) is 6.20 Å². The number of aliphatic hydroxyl groups excluding tert-OH is 3. The van der Waals surface area contributed by atoms with E-state index in [9.17, 15) is 10.2 Å². The predicted molar refractivity (Wildman–Crippen MR) is 51.6 cm³/mol. The van der Waals surface area contributed by atoms with Crippen molar-refractivity contribution in [3.8, 4) is 0 Å². The van der Waals surface area contributed by atoms with Crippen LogP contribution in [0.4, 0.5) is 0 Å². The van der Waals surface area contributed by atoms with Gasteiger partial charge in [-0.1, -0.05) is 5.21 Å². The van der Waals surface area contributed by atoms with E-state index in [-0.39, 0.29) is 13.2 Å². The Labute approximate surface area is 96.4 Å². The van der Waals surface area contributed by atoms with E-state index in [1.807, 2.05) is 0 Å². The first-order valence-electron chi connectivity index (χ1n) is 5.35. The summed E-state index contributed by atoms with van der Waals surface area (Å²) in [4.78, 5) is 0. The lowest BCUT2D eigenvalue weighted by Crippen LogP contribution is -2.58. The monoisotopic (exact) mass is 243 g/mol. The normalized spacial score (nSPS) is 40.8. The van der Waals surface area contributed by atoms with Gasteiger partial charge >= 0.3 is 0 Å². The van der Waals surface area contributed by atoms with Gasteiger partial charge in [-0.2, -0.15) is 0 Å². The molecule has 3 rings (SSSR count). The fraction of sp³-hybridized carbons (Fsp3) is 0.778. The van der Waals surface area contributed by atoms with Crippen molar-refractivity contribution in [2.75, 3.05) is 6.61 Å². The molecule has 5 atom stereocenters. The van der Waals surface area contributed by atoms with Crippen LogP contribution >= 0.6 is 0 Å². The Balaban J connectivity index is 1.93. The fourth-order valence-corrected chi connectivity index (χ4v) is 2.21. The largest absolute Gasteiger partial charge is 0.394 e. The van der Waals surface area contributed by atoms with Gasteiger partial charge in [0.1, 0.15) is 24.4 Å². The minimum absolute atomic E-state index is 0.255. The molecule has 8 nitrogen and oxygen atoms in total. The Bertz CT molecular complexity index is 411. The second-order valence-electron chi connectivity index (χ2n) is 4.17. The van der Waals surface area contributed by atoms with E-state index in [0.717, 1.165) is 5.69 Å². The first-order chi connectivity index (χ1) is 8.22. The summed E-state index contributed by atoms with van der Waals surface area (Å²) in [5.41, 5.74) is 0.728. The van der Waals surface area contributed by atoms with Crippen LogP contribution in [0.2, 0.25) is 0 Å². The highest BCUT2D eigenvalue weighted by Gasteiger charge is 2.48. The molecule has 8 heteroatoms. The maximum absolute atomic E-state index is 9.91. The third-order valence-electron chi connectivity index (χ3n) is 3.16. The van der Waals surface area contributed by atoms with Crippen LogP contribution in [0, 0.1) is 0 Å². The van der Waals surface area contributed by atoms with Crippen molar-refractivity contribution < 1.29 is 24.8 Å². The molecule has 2 aliphatic heterocycles. The van der Waals surface area contributed by atoms with Crippen molar-refractivity contribution in [1.29, 1.82) is 0 Å². The van der Waals surface area contributed by atoms with E-state index in [2.05, 4.69) is 10.3 Å². The van der Waals surface area contributed by atoms with Crippen molar-refractivity contribution in [2.24, 2.45) is 0 Å². The maximum Gasteiger partial charge on any atom is 0.181 e. The zero-order valence-corrected chi connectivity index (χ0v) is 8.88. The van der Waals surface area contributed by atoms with Gasteiger partial charge in [0.05, 0.1) is 25.1 Å². The van der Waals surface area contributed by atoms with Crippen LogP contribution in [0.5, 0.6) is 0 Å². The molecule has 94 valence electrons. The number of nitrogens with zero attached hydrogens (tertiary/aromatic N) is 3. The number of hydrogen-bond donors (Lipinski definition) is 3. The highest BCUT2D eigenvalue weighted by atomic mass is 16.6. The molecule has 0 aromatic carbocycles. The van der Waals surface area contributed by atoms with Crippen LogP contribution in [0.1, 0.15) is 11.9 Å². The zero-order chi connectivity index (χ0) is 12.0. The van der Waals surface area contributed by atoms with Gasteiger partial charge in [0, 0.05) is 0 Å². The van der Waals surface area contributed by atoms with Gasteiger partial charge in [0.15, 0.2) is 6.23 Å². The molecular formula is C9H13N3O5. The van der Waals surface area contributed by atoms with Gasteiger partial charge in [-0.25, -0.2) is 4.68 Å². The van der Waals surface area contributed by atoms with Crippen LogP contribution in [-0.4, -0.2) is 61.3 Å². The molecule has 0 amide bonds. The van der Waals surface area contributed by atoms with E-state index >= 15 is 0 Å². The molecule has 2 aliphatic rings. The Morgan fingerprint density at radius 1 is 1.41 bits per heavy atom. The third-order valence-corrected chi connectivity index (χ3v) is 3.16. The van der Waals surface area contributed by atoms with Crippen molar-refractivity contribution in [3.63, 3.8) is 0 Å².